The number of hydrogen-bond acceptors (Lipinski definition) is 4. The highest BCUT2D eigenvalue weighted by Gasteiger charge is 2.03. The SMILES string of the molecule is COCCc1cc(=O)[nH]c(Cn2cc(Br)cn2)n1. The molecular formula is C11H13BrN4O2. The molecule has 0 aromatic carbocycles. The van der Waals surface area contributed by atoms with Gasteiger partial charge in [-0.25, -0.2) is 4.98 Å². The molecule has 18 heavy (non-hydrogen) atoms. The van der Waals surface area contributed by atoms with E-state index in [9.17, 15) is 4.79 Å². The lowest BCUT2D eigenvalue weighted by Gasteiger charge is -2.04. The van der Waals surface area contributed by atoms with Gasteiger partial charge in [-0.15, -0.1) is 0 Å². The highest BCUT2D eigenvalue weighted by Crippen LogP contribution is 2.07. The van der Waals surface area contributed by atoms with Crippen molar-refractivity contribution in [3.8, 4) is 0 Å². The van der Waals surface area contributed by atoms with Gasteiger partial charge < -0.3 is 9.72 Å². The van der Waals surface area contributed by atoms with Gasteiger partial charge in [-0.3, -0.25) is 9.48 Å². The number of aromatic nitrogens is 4. The first-order valence-electron chi connectivity index (χ1n) is 5.43. The van der Waals surface area contributed by atoms with Crippen molar-refractivity contribution >= 4 is 15.9 Å². The molecule has 1 N–H and O–H groups in total. The summed E-state index contributed by atoms with van der Waals surface area (Å²) in [6.45, 7) is 0.977. The van der Waals surface area contributed by atoms with Crippen molar-refractivity contribution in [2.45, 2.75) is 13.0 Å². The summed E-state index contributed by atoms with van der Waals surface area (Å²) < 4.78 is 7.56. The zero-order chi connectivity index (χ0) is 13.0. The number of H-pyrrole nitrogens is 1. The number of hydrogen-bond donors (Lipinski definition) is 1. The number of nitrogens with zero attached hydrogens (tertiary/aromatic N) is 3. The van der Waals surface area contributed by atoms with Crippen molar-refractivity contribution < 1.29 is 4.74 Å². The van der Waals surface area contributed by atoms with E-state index in [1.54, 1.807) is 18.0 Å². The summed E-state index contributed by atoms with van der Waals surface area (Å²) >= 11 is 3.32. The van der Waals surface area contributed by atoms with Crippen LogP contribution in [0.5, 0.6) is 0 Å². The molecule has 0 unspecified atom stereocenters. The zero-order valence-corrected chi connectivity index (χ0v) is 11.5. The molecule has 0 amide bonds. The van der Waals surface area contributed by atoms with Gasteiger partial charge in [0.05, 0.1) is 29.5 Å². The Morgan fingerprint density at radius 2 is 2.39 bits per heavy atom. The Labute approximate surface area is 112 Å². The molecule has 2 aromatic heterocycles. The standard InChI is InChI=1S/C11H13BrN4O2/c1-18-3-2-9-4-11(17)15-10(14-9)7-16-6-8(12)5-13-16/h4-6H,2-3,7H2,1H3,(H,14,15,17). The number of methoxy groups -OCH3 is 1. The van der Waals surface area contributed by atoms with Crippen molar-refractivity contribution in [3.05, 3.63) is 44.8 Å². The van der Waals surface area contributed by atoms with Crippen LogP contribution in [0, 0.1) is 0 Å². The maximum absolute atomic E-state index is 11.5. The Bertz CT molecular complexity index is 578. The fraction of sp³-hybridized carbons (Fsp3) is 0.364. The van der Waals surface area contributed by atoms with E-state index in [0.717, 1.165) is 10.2 Å². The summed E-state index contributed by atoms with van der Waals surface area (Å²) in [6.07, 6.45) is 4.13. The predicted molar refractivity (Wildman–Crippen MR) is 69.5 cm³/mol. The van der Waals surface area contributed by atoms with Crippen LogP contribution in [0.2, 0.25) is 0 Å². The molecule has 2 rings (SSSR count). The van der Waals surface area contributed by atoms with Gasteiger partial charge in [0.1, 0.15) is 5.82 Å². The number of halogens is 1. The summed E-state index contributed by atoms with van der Waals surface area (Å²) in [5, 5.41) is 4.12. The van der Waals surface area contributed by atoms with Crippen molar-refractivity contribution in [3.63, 3.8) is 0 Å². The van der Waals surface area contributed by atoms with Crippen LogP contribution in [-0.4, -0.2) is 33.5 Å². The van der Waals surface area contributed by atoms with Crippen LogP contribution >= 0.6 is 15.9 Å². The van der Waals surface area contributed by atoms with Crippen molar-refractivity contribution in [1.82, 2.24) is 19.7 Å². The van der Waals surface area contributed by atoms with Crippen molar-refractivity contribution in [1.29, 1.82) is 0 Å². The molecule has 0 saturated heterocycles. The summed E-state index contributed by atoms with van der Waals surface area (Å²) in [5.74, 6) is 0.587. The smallest absolute Gasteiger partial charge is 0.251 e. The topological polar surface area (TPSA) is 72.8 Å². The highest BCUT2D eigenvalue weighted by atomic mass is 79.9. The fourth-order valence-corrected chi connectivity index (χ4v) is 1.88. The van der Waals surface area contributed by atoms with Crippen LogP contribution in [0.4, 0.5) is 0 Å². The molecule has 0 fully saturated rings. The van der Waals surface area contributed by atoms with E-state index < -0.39 is 0 Å². The second-order valence-corrected chi connectivity index (χ2v) is 4.70. The molecule has 0 aliphatic carbocycles. The molecule has 96 valence electrons. The van der Waals surface area contributed by atoms with E-state index in [-0.39, 0.29) is 5.56 Å². The van der Waals surface area contributed by atoms with E-state index in [1.165, 1.54) is 6.07 Å². The van der Waals surface area contributed by atoms with Crippen molar-refractivity contribution in [2.24, 2.45) is 0 Å². The van der Waals surface area contributed by atoms with Crippen LogP contribution in [-0.2, 0) is 17.7 Å². The Morgan fingerprint density at radius 3 is 3.06 bits per heavy atom. The van der Waals surface area contributed by atoms with Gasteiger partial charge in [-0.1, -0.05) is 0 Å². The lowest BCUT2D eigenvalue weighted by atomic mass is 10.3. The third-order valence-electron chi connectivity index (χ3n) is 2.32. The fourth-order valence-electron chi connectivity index (χ4n) is 1.55. The molecule has 0 radical (unpaired) electrons. The lowest BCUT2D eigenvalue weighted by Crippen LogP contribution is -2.16. The highest BCUT2D eigenvalue weighted by molar-refractivity contribution is 9.10. The second kappa shape index (κ2) is 5.92. The van der Waals surface area contributed by atoms with Crippen LogP contribution in [0.15, 0.2) is 27.7 Å². The Balaban J connectivity index is 2.17. The number of ether oxygens (including phenoxy) is 1. The molecule has 2 heterocycles. The van der Waals surface area contributed by atoms with E-state index in [2.05, 4.69) is 31.0 Å². The molecular weight excluding hydrogens is 300 g/mol. The Kier molecular flexibility index (Phi) is 4.27. The summed E-state index contributed by atoms with van der Waals surface area (Å²) in [4.78, 5) is 18.6. The van der Waals surface area contributed by atoms with Crippen LogP contribution in [0.1, 0.15) is 11.5 Å². The minimum Gasteiger partial charge on any atom is -0.384 e. The van der Waals surface area contributed by atoms with Gasteiger partial charge in [0, 0.05) is 25.8 Å². The maximum Gasteiger partial charge on any atom is 0.251 e. The van der Waals surface area contributed by atoms with Crippen LogP contribution in [0.25, 0.3) is 0 Å². The largest absolute Gasteiger partial charge is 0.384 e. The summed E-state index contributed by atoms with van der Waals surface area (Å²) in [7, 11) is 1.62. The van der Waals surface area contributed by atoms with E-state index in [1.807, 2.05) is 6.20 Å². The number of rotatable bonds is 5. The number of aromatic amines is 1. The molecule has 7 heteroatoms. The average molecular weight is 313 g/mol. The van der Waals surface area contributed by atoms with Gasteiger partial charge in [-0.05, 0) is 15.9 Å². The first-order valence-corrected chi connectivity index (χ1v) is 6.22. The molecule has 0 atom stereocenters. The second-order valence-electron chi connectivity index (χ2n) is 3.78. The van der Waals surface area contributed by atoms with Crippen LogP contribution < -0.4 is 5.56 Å². The third kappa shape index (κ3) is 3.51. The zero-order valence-electron chi connectivity index (χ0n) is 9.89. The minimum atomic E-state index is -0.155. The van der Waals surface area contributed by atoms with E-state index in [4.69, 9.17) is 4.74 Å². The molecule has 0 spiro atoms. The minimum absolute atomic E-state index is 0.155. The molecule has 2 aromatic rings. The molecule has 0 bridgehead atoms. The summed E-state index contributed by atoms with van der Waals surface area (Å²) in [6, 6.07) is 1.49. The monoisotopic (exact) mass is 312 g/mol. The van der Waals surface area contributed by atoms with Gasteiger partial charge in [0.15, 0.2) is 0 Å². The number of nitrogens with one attached hydrogen (secondary N) is 1. The first kappa shape index (κ1) is 13.0. The van der Waals surface area contributed by atoms with Gasteiger partial charge in [0.25, 0.3) is 5.56 Å². The Morgan fingerprint density at radius 1 is 1.56 bits per heavy atom. The normalized spacial score (nSPS) is 10.8. The molecule has 6 nitrogen and oxygen atoms in total. The average Bonchev–Trinajstić information content (AvgIpc) is 2.71. The predicted octanol–water partition coefficient (Wildman–Crippen LogP) is 0.966. The van der Waals surface area contributed by atoms with Gasteiger partial charge >= 0.3 is 0 Å². The Hall–Kier alpha value is -1.47. The molecule has 0 aliphatic heterocycles. The van der Waals surface area contributed by atoms with Gasteiger partial charge in [-0.2, -0.15) is 5.10 Å². The molecule has 0 saturated carbocycles. The van der Waals surface area contributed by atoms with E-state index >= 15 is 0 Å². The third-order valence-corrected chi connectivity index (χ3v) is 2.73. The van der Waals surface area contributed by atoms with Crippen LogP contribution in [0.3, 0.4) is 0 Å². The van der Waals surface area contributed by atoms with Crippen molar-refractivity contribution in [2.75, 3.05) is 13.7 Å². The van der Waals surface area contributed by atoms with E-state index in [0.29, 0.717) is 25.4 Å². The summed E-state index contributed by atoms with van der Waals surface area (Å²) in [5.41, 5.74) is 0.569. The maximum atomic E-state index is 11.5. The molecule has 0 aliphatic rings. The lowest BCUT2D eigenvalue weighted by molar-refractivity contribution is 0.201. The quantitative estimate of drug-likeness (QED) is 0.892. The van der Waals surface area contributed by atoms with Gasteiger partial charge in [0.2, 0.25) is 0 Å². The first-order chi connectivity index (χ1) is 8.67.